The lowest BCUT2D eigenvalue weighted by Gasteiger charge is -2.13. The molecule has 8 heteroatoms. The van der Waals surface area contributed by atoms with Gasteiger partial charge < -0.3 is 4.74 Å². The Bertz CT molecular complexity index is 704. The average molecular weight is 385 g/mol. The van der Waals surface area contributed by atoms with Crippen LogP contribution >= 0.6 is 58.0 Å². The Morgan fingerprint density at radius 1 is 1.00 bits per heavy atom. The number of carbonyl (C=O) groups is 1. The van der Waals surface area contributed by atoms with Crippen molar-refractivity contribution < 1.29 is 9.53 Å². The first-order valence-corrected chi connectivity index (χ1v) is 7.32. The van der Waals surface area contributed by atoms with Gasteiger partial charge in [-0.25, -0.2) is 4.98 Å². The average Bonchev–Trinajstić information content (AvgIpc) is 2.51. The monoisotopic (exact) mass is 383 g/mol. The van der Waals surface area contributed by atoms with Gasteiger partial charge in [0, 0.05) is 17.3 Å². The fraction of sp³-hybridized carbons (Fsp3) is 0.0769. The summed E-state index contributed by atoms with van der Waals surface area (Å²) < 4.78 is 4.97. The van der Waals surface area contributed by atoms with Crippen LogP contribution in [0.3, 0.4) is 0 Å². The van der Waals surface area contributed by atoms with E-state index in [2.05, 4.69) is 4.98 Å². The van der Waals surface area contributed by atoms with Crippen molar-refractivity contribution in [2.24, 2.45) is 0 Å². The normalized spacial score (nSPS) is 10.6. The summed E-state index contributed by atoms with van der Waals surface area (Å²) in [4.78, 5) is 15.1. The third kappa shape index (κ3) is 2.94. The third-order valence-electron chi connectivity index (χ3n) is 2.70. The van der Waals surface area contributed by atoms with E-state index in [9.17, 15) is 4.79 Å². The minimum Gasteiger partial charge on any atom is -0.480 e. The van der Waals surface area contributed by atoms with Crippen LogP contribution in [0.25, 0.3) is 11.1 Å². The third-order valence-corrected chi connectivity index (χ3v) is 4.97. The number of rotatable bonds is 3. The van der Waals surface area contributed by atoms with Gasteiger partial charge >= 0.3 is 0 Å². The zero-order valence-electron chi connectivity index (χ0n) is 10.4. The van der Waals surface area contributed by atoms with Crippen molar-refractivity contribution in [3.05, 3.63) is 42.9 Å². The van der Waals surface area contributed by atoms with Gasteiger partial charge in [0.1, 0.15) is 0 Å². The maximum atomic E-state index is 11.1. The Labute approximate surface area is 145 Å². The van der Waals surface area contributed by atoms with Crippen LogP contribution in [0.4, 0.5) is 0 Å². The van der Waals surface area contributed by atoms with Crippen LogP contribution in [-0.4, -0.2) is 18.4 Å². The van der Waals surface area contributed by atoms with Gasteiger partial charge in [0.25, 0.3) is 0 Å². The van der Waals surface area contributed by atoms with Crippen LogP contribution < -0.4 is 4.74 Å². The summed E-state index contributed by atoms with van der Waals surface area (Å²) in [5.74, 6) is 0.187. The highest BCUT2D eigenvalue weighted by Gasteiger charge is 2.21. The molecule has 0 aliphatic rings. The van der Waals surface area contributed by atoms with E-state index in [0.717, 1.165) is 0 Å². The summed E-state index contributed by atoms with van der Waals surface area (Å²) >= 11 is 30.3. The Hall–Kier alpha value is -0.710. The highest BCUT2D eigenvalue weighted by Crippen LogP contribution is 2.48. The first-order valence-electron chi connectivity index (χ1n) is 5.43. The lowest BCUT2D eigenvalue weighted by Crippen LogP contribution is -1.96. The van der Waals surface area contributed by atoms with Crippen LogP contribution in [0, 0.1) is 0 Å². The number of halogens is 5. The Morgan fingerprint density at radius 2 is 1.52 bits per heavy atom. The molecule has 0 saturated heterocycles. The molecule has 1 heterocycles. The molecule has 0 fully saturated rings. The van der Waals surface area contributed by atoms with E-state index < -0.39 is 0 Å². The van der Waals surface area contributed by atoms with Crippen molar-refractivity contribution >= 4 is 64.3 Å². The molecule has 0 aliphatic carbocycles. The molecular weight excluding hydrogens is 379 g/mol. The molecule has 0 radical (unpaired) electrons. The number of hydrogen-bond acceptors (Lipinski definition) is 3. The van der Waals surface area contributed by atoms with E-state index >= 15 is 0 Å². The van der Waals surface area contributed by atoms with E-state index in [1.807, 2.05) is 0 Å². The highest BCUT2D eigenvalue weighted by atomic mass is 35.5. The van der Waals surface area contributed by atoms with Crippen LogP contribution in [0.15, 0.2) is 12.3 Å². The van der Waals surface area contributed by atoms with Crippen molar-refractivity contribution in [2.75, 3.05) is 7.11 Å². The molecule has 1 aromatic carbocycles. The number of aldehydes is 1. The summed E-state index contributed by atoms with van der Waals surface area (Å²) in [5, 5.41) is 0.464. The summed E-state index contributed by atoms with van der Waals surface area (Å²) in [6.45, 7) is 0. The van der Waals surface area contributed by atoms with Gasteiger partial charge in [-0.15, -0.1) is 0 Å². The van der Waals surface area contributed by atoms with E-state index in [4.69, 9.17) is 62.7 Å². The predicted molar refractivity (Wildman–Crippen MR) is 86.7 cm³/mol. The smallest absolute Gasteiger partial charge is 0.223 e. The van der Waals surface area contributed by atoms with Gasteiger partial charge in [-0.1, -0.05) is 58.0 Å². The summed E-state index contributed by atoms with van der Waals surface area (Å²) in [6, 6.07) is 1.52. The predicted octanol–water partition coefficient (Wildman–Crippen LogP) is 5.84. The fourth-order valence-corrected chi connectivity index (χ4v) is 3.08. The number of aromatic nitrogens is 1. The number of nitrogens with zero attached hydrogens (tertiary/aromatic N) is 1. The number of pyridine rings is 1. The van der Waals surface area contributed by atoms with Crippen molar-refractivity contribution in [1.29, 1.82) is 0 Å². The fourth-order valence-electron chi connectivity index (χ4n) is 1.72. The van der Waals surface area contributed by atoms with Crippen molar-refractivity contribution in [1.82, 2.24) is 4.98 Å². The van der Waals surface area contributed by atoms with Crippen LogP contribution in [0.5, 0.6) is 5.88 Å². The van der Waals surface area contributed by atoms with E-state index in [-0.39, 0.29) is 36.6 Å². The molecule has 1 aromatic heterocycles. The van der Waals surface area contributed by atoms with Gasteiger partial charge in [0.15, 0.2) is 6.29 Å². The van der Waals surface area contributed by atoms with Crippen molar-refractivity contribution in [2.45, 2.75) is 0 Å². The second-order valence-electron chi connectivity index (χ2n) is 3.89. The molecule has 0 unspecified atom stereocenters. The minimum atomic E-state index is 0.0640. The number of benzene rings is 1. The highest BCUT2D eigenvalue weighted by molar-refractivity contribution is 6.56. The molecular formula is C13H6Cl5NO2. The molecule has 21 heavy (non-hydrogen) atoms. The van der Waals surface area contributed by atoms with Crippen LogP contribution in [0.1, 0.15) is 10.4 Å². The van der Waals surface area contributed by atoms with Gasteiger partial charge in [0.05, 0.1) is 37.8 Å². The number of methoxy groups -OCH3 is 1. The number of carbonyl (C=O) groups excluding carboxylic acids is 1. The maximum Gasteiger partial charge on any atom is 0.223 e. The molecule has 110 valence electrons. The van der Waals surface area contributed by atoms with Crippen molar-refractivity contribution in [3.8, 4) is 17.0 Å². The zero-order valence-corrected chi connectivity index (χ0v) is 14.2. The molecule has 0 N–H and O–H groups in total. The standard InChI is InChI=1S/C13H6Cl5NO2/c1-21-13-6(4-20)2-5(3-19-13)7-8(14)10(16)12(18)11(17)9(7)15/h2-4H,1H3. The van der Waals surface area contributed by atoms with E-state index in [0.29, 0.717) is 17.4 Å². The second kappa shape index (κ2) is 6.59. The van der Waals surface area contributed by atoms with Gasteiger partial charge in [-0.05, 0) is 6.07 Å². The lowest BCUT2D eigenvalue weighted by atomic mass is 10.1. The van der Waals surface area contributed by atoms with E-state index in [1.54, 1.807) is 0 Å². The van der Waals surface area contributed by atoms with Crippen LogP contribution in [-0.2, 0) is 0 Å². The van der Waals surface area contributed by atoms with Crippen LogP contribution in [0.2, 0.25) is 25.1 Å². The van der Waals surface area contributed by atoms with Gasteiger partial charge in [-0.3, -0.25) is 4.79 Å². The first-order chi connectivity index (χ1) is 9.92. The molecule has 0 amide bonds. The van der Waals surface area contributed by atoms with Crippen molar-refractivity contribution in [3.63, 3.8) is 0 Å². The minimum absolute atomic E-state index is 0.0640. The SMILES string of the molecule is COc1ncc(-c2c(Cl)c(Cl)c(Cl)c(Cl)c2Cl)cc1C=O. The van der Waals surface area contributed by atoms with E-state index in [1.165, 1.54) is 19.4 Å². The Balaban J connectivity index is 2.76. The summed E-state index contributed by atoms with van der Waals surface area (Å²) in [6.07, 6.45) is 2.05. The maximum absolute atomic E-state index is 11.1. The first kappa shape index (κ1) is 16.7. The molecule has 0 spiro atoms. The molecule has 0 bridgehead atoms. The largest absolute Gasteiger partial charge is 0.480 e. The zero-order chi connectivity index (χ0) is 15.7. The molecule has 0 aliphatic heterocycles. The quantitative estimate of drug-likeness (QED) is 0.379. The number of hydrogen-bond donors (Lipinski definition) is 0. The molecule has 0 saturated carbocycles. The lowest BCUT2D eigenvalue weighted by molar-refractivity contribution is 0.112. The Kier molecular flexibility index (Phi) is 5.23. The van der Waals surface area contributed by atoms with Gasteiger partial charge in [-0.2, -0.15) is 0 Å². The van der Waals surface area contributed by atoms with Gasteiger partial charge in [0.2, 0.25) is 5.88 Å². The number of ether oxygens (including phenoxy) is 1. The summed E-state index contributed by atoms with van der Waals surface area (Å²) in [7, 11) is 1.41. The second-order valence-corrected chi connectivity index (χ2v) is 5.78. The molecule has 3 nitrogen and oxygen atoms in total. The summed E-state index contributed by atoms with van der Waals surface area (Å²) in [5.41, 5.74) is 1.05. The molecule has 0 atom stereocenters. The Morgan fingerprint density at radius 3 is 2.00 bits per heavy atom. The molecule has 2 aromatic rings. The topological polar surface area (TPSA) is 39.2 Å². The molecule has 2 rings (SSSR count).